The minimum absolute atomic E-state index is 0.0436. The Kier molecular flexibility index (Phi) is 2.63. The van der Waals surface area contributed by atoms with E-state index in [0.29, 0.717) is 12.2 Å². The van der Waals surface area contributed by atoms with Gasteiger partial charge in [0.25, 0.3) is 0 Å². The summed E-state index contributed by atoms with van der Waals surface area (Å²) in [6, 6.07) is 3.77. The van der Waals surface area contributed by atoms with Crippen molar-refractivity contribution in [3.8, 4) is 0 Å². The van der Waals surface area contributed by atoms with Gasteiger partial charge in [0.1, 0.15) is 0 Å². The van der Waals surface area contributed by atoms with E-state index in [4.69, 9.17) is 5.11 Å². The Labute approximate surface area is 89.2 Å². The van der Waals surface area contributed by atoms with Crippen molar-refractivity contribution in [3.05, 3.63) is 24.0 Å². The summed E-state index contributed by atoms with van der Waals surface area (Å²) >= 11 is 0. The summed E-state index contributed by atoms with van der Waals surface area (Å²) in [5.41, 5.74) is 1.09. The second-order valence-electron chi connectivity index (χ2n) is 4.33. The zero-order valence-electron chi connectivity index (χ0n) is 8.85. The maximum absolute atomic E-state index is 9.85. The van der Waals surface area contributed by atoms with Gasteiger partial charge in [0.15, 0.2) is 0 Å². The molecule has 2 heterocycles. The van der Waals surface area contributed by atoms with E-state index in [1.807, 2.05) is 19.1 Å². The number of nitrogens with zero attached hydrogens (tertiary/aromatic N) is 2. The number of hydrogen-bond donors (Lipinski definition) is 2. The summed E-state index contributed by atoms with van der Waals surface area (Å²) in [5, 5.41) is 18.8. The smallest absolute Gasteiger partial charge is 0.0853 e. The van der Waals surface area contributed by atoms with Gasteiger partial charge in [-0.25, -0.2) is 0 Å². The summed E-state index contributed by atoms with van der Waals surface area (Å²) < 4.78 is 0. The monoisotopic (exact) mass is 208 g/mol. The number of aliphatic hydroxyl groups excluding tert-OH is 1. The van der Waals surface area contributed by atoms with Crippen molar-refractivity contribution in [2.24, 2.45) is 0 Å². The maximum Gasteiger partial charge on any atom is 0.0853 e. The Morgan fingerprint density at radius 3 is 3.00 bits per heavy atom. The van der Waals surface area contributed by atoms with E-state index in [9.17, 15) is 5.11 Å². The van der Waals surface area contributed by atoms with Crippen molar-refractivity contribution in [1.82, 2.24) is 4.98 Å². The van der Waals surface area contributed by atoms with E-state index in [0.717, 1.165) is 18.7 Å². The second-order valence-corrected chi connectivity index (χ2v) is 4.33. The topological polar surface area (TPSA) is 56.6 Å². The van der Waals surface area contributed by atoms with Crippen LogP contribution in [0.2, 0.25) is 0 Å². The van der Waals surface area contributed by atoms with Gasteiger partial charge in [0, 0.05) is 25.0 Å². The number of pyridine rings is 1. The molecule has 0 amide bonds. The molecular formula is C11H16N2O2. The third-order valence-electron chi connectivity index (χ3n) is 2.78. The van der Waals surface area contributed by atoms with Gasteiger partial charge < -0.3 is 15.1 Å². The molecule has 0 radical (unpaired) electrons. The molecule has 0 saturated carbocycles. The Balaban J connectivity index is 2.16. The Hall–Kier alpha value is -1.13. The Morgan fingerprint density at radius 2 is 2.40 bits per heavy atom. The second kappa shape index (κ2) is 3.79. The Bertz CT molecular complexity index is 352. The molecule has 0 bridgehead atoms. The molecule has 82 valence electrons. The minimum Gasteiger partial charge on any atom is -0.390 e. The highest BCUT2D eigenvalue weighted by molar-refractivity contribution is 5.48. The highest BCUT2D eigenvalue weighted by Gasteiger charge is 2.31. The van der Waals surface area contributed by atoms with Gasteiger partial charge in [-0.05, 0) is 25.5 Å². The number of aromatic nitrogens is 1. The summed E-state index contributed by atoms with van der Waals surface area (Å²) in [6.07, 6.45) is 2.47. The number of β-amino-alcohol motifs (C(OH)–C–C–N with tert-alkyl or cyclic N) is 1. The average Bonchev–Trinajstić information content (AvgIpc) is 2.59. The van der Waals surface area contributed by atoms with Crippen LogP contribution in [-0.4, -0.2) is 33.9 Å². The molecule has 1 fully saturated rings. The van der Waals surface area contributed by atoms with Crippen LogP contribution < -0.4 is 4.90 Å². The third-order valence-corrected chi connectivity index (χ3v) is 2.78. The fourth-order valence-corrected chi connectivity index (χ4v) is 1.91. The lowest BCUT2D eigenvalue weighted by molar-refractivity contribution is 0.0839. The van der Waals surface area contributed by atoms with E-state index in [1.165, 1.54) is 0 Å². The van der Waals surface area contributed by atoms with Gasteiger partial charge in [0.2, 0.25) is 0 Å². The van der Waals surface area contributed by atoms with Gasteiger partial charge in [-0.15, -0.1) is 0 Å². The van der Waals surface area contributed by atoms with Crippen LogP contribution >= 0.6 is 0 Å². The van der Waals surface area contributed by atoms with Crippen molar-refractivity contribution in [1.29, 1.82) is 0 Å². The van der Waals surface area contributed by atoms with Crippen molar-refractivity contribution in [2.75, 3.05) is 18.0 Å². The van der Waals surface area contributed by atoms with E-state index < -0.39 is 5.60 Å². The summed E-state index contributed by atoms with van der Waals surface area (Å²) in [7, 11) is 0. The SMILES string of the molecule is CC1(O)CCN(c2ccnc(CO)c2)C1. The summed E-state index contributed by atoms with van der Waals surface area (Å²) in [6.45, 7) is 3.29. The molecule has 0 aromatic carbocycles. The number of hydrogen-bond acceptors (Lipinski definition) is 4. The van der Waals surface area contributed by atoms with Crippen molar-refractivity contribution < 1.29 is 10.2 Å². The number of aliphatic hydroxyl groups is 2. The molecule has 1 aliphatic rings. The first-order chi connectivity index (χ1) is 7.11. The molecule has 1 unspecified atom stereocenters. The molecule has 4 heteroatoms. The largest absolute Gasteiger partial charge is 0.390 e. The van der Waals surface area contributed by atoms with Crippen molar-refractivity contribution in [2.45, 2.75) is 25.6 Å². The standard InChI is InChI=1S/C11H16N2O2/c1-11(15)3-5-13(8-11)10-2-4-12-9(6-10)7-14/h2,4,6,14-15H,3,5,7-8H2,1H3. The zero-order chi connectivity index (χ0) is 10.9. The highest BCUT2D eigenvalue weighted by Crippen LogP contribution is 2.26. The van der Waals surface area contributed by atoms with Gasteiger partial charge in [-0.2, -0.15) is 0 Å². The molecule has 4 nitrogen and oxygen atoms in total. The minimum atomic E-state index is -0.595. The molecule has 1 aliphatic heterocycles. The van der Waals surface area contributed by atoms with Crippen molar-refractivity contribution in [3.63, 3.8) is 0 Å². The van der Waals surface area contributed by atoms with E-state index in [-0.39, 0.29) is 6.61 Å². The molecule has 0 spiro atoms. The van der Waals surface area contributed by atoms with E-state index in [2.05, 4.69) is 9.88 Å². The fraction of sp³-hybridized carbons (Fsp3) is 0.545. The van der Waals surface area contributed by atoms with Gasteiger partial charge in [-0.3, -0.25) is 4.98 Å². The fourth-order valence-electron chi connectivity index (χ4n) is 1.91. The number of anilines is 1. The first kappa shape index (κ1) is 10.4. The number of rotatable bonds is 2. The Morgan fingerprint density at radius 1 is 1.60 bits per heavy atom. The van der Waals surface area contributed by atoms with Crippen LogP contribution in [0.3, 0.4) is 0 Å². The lowest BCUT2D eigenvalue weighted by Crippen LogP contribution is -2.29. The van der Waals surface area contributed by atoms with E-state index in [1.54, 1.807) is 6.20 Å². The molecule has 1 atom stereocenters. The maximum atomic E-state index is 9.85. The van der Waals surface area contributed by atoms with Crippen LogP contribution in [0.1, 0.15) is 19.0 Å². The third kappa shape index (κ3) is 2.27. The normalized spacial score (nSPS) is 25.9. The van der Waals surface area contributed by atoms with Crippen LogP contribution in [0.15, 0.2) is 18.3 Å². The van der Waals surface area contributed by atoms with Crippen LogP contribution in [0.5, 0.6) is 0 Å². The highest BCUT2D eigenvalue weighted by atomic mass is 16.3. The molecule has 1 aromatic heterocycles. The van der Waals surface area contributed by atoms with Crippen LogP contribution in [-0.2, 0) is 6.61 Å². The average molecular weight is 208 g/mol. The van der Waals surface area contributed by atoms with Gasteiger partial charge >= 0.3 is 0 Å². The van der Waals surface area contributed by atoms with Crippen LogP contribution in [0.25, 0.3) is 0 Å². The summed E-state index contributed by atoms with van der Waals surface area (Å²) in [5.74, 6) is 0. The van der Waals surface area contributed by atoms with Gasteiger partial charge in [-0.1, -0.05) is 0 Å². The molecular weight excluding hydrogens is 192 g/mol. The molecule has 1 saturated heterocycles. The van der Waals surface area contributed by atoms with Crippen molar-refractivity contribution >= 4 is 5.69 Å². The molecule has 15 heavy (non-hydrogen) atoms. The molecule has 0 aliphatic carbocycles. The van der Waals surface area contributed by atoms with Gasteiger partial charge in [0.05, 0.1) is 17.9 Å². The summed E-state index contributed by atoms with van der Waals surface area (Å²) in [4.78, 5) is 6.14. The quantitative estimate of drug-likeness (QED) is 0.744. The predicted molar refractivity (Wildman–Crippen MR) is 57.6 cm³/mol. The van der Waals surface area contributed by atoms with Crippen LogP contribution in [0.4, 0.5) is 5.69 Å². The first-order valence-corrected chi connectivity index (χ1v) is 5.14. The lowest BCUT2D eigenvalue weighted by Gasteiger charge is -2.20. The lowest BCUT2D eigenvalue weighted by atomic mass is 10.1. The predicted octanol–water partition coefficient (Wildman–Crippen LogP) is 0.535. The molecule has 2 N–H and O–H groups in total. The molecule has 2 rings (SSSR count). The van der Waals surface area contributed by atoms with E-state index >= 15 is 0 Å². The first-order valence-electron chi connectivity index (χ1n) is 5.14. The van der Waals surface area contributed by atoms with Crippen LogP contribution in [0, 0.1) is 0 Å². The molecule has 1 aromatic rings. The zero-order valence-corrected chi connectivity index (χ0v) is 8.85.